The van der Waals surface area contributed by atoms with Crippen LogP contribution in [0.25, 0.3) is 0 Å². The van der Waals surface area contributed by atoms with Crippen LogP contribution in [0.5, 0.6) is 0 Å². The normalized spacial score (nSPS) is 8.56. The van der Waals surface area contributed by atoms with Crippen LogP contribution in [0, 0.1) is 0 Å². The highest BCUT2D eigenvalue weighted by molar-refractivity contribution is 5.68. The summed E-state index contributed by atoms with van der Waals surface area (Å²) in [6.45, 7) is 0.709. The first-order valence-electron chi connectivity index (χ1n) is 2.50. The molecule has 0 saturated carbocycles. The average molecular weight is 131 g/mol. The highest BCUT2D eigenvalue weighted by Gasteiger charge is 1.94. The average Bonchev–Trinajstić information content (AvgIpc) is 1.91. The van der Waals surface area contributed by atoms with Gasteiger partial charge in [-0.2, -0.15) is 0 Å². The van der Waals surface area contributed by atoms with Gasteiger partial charge in [0.25, 0.3) is 0 Å². The van der Waals surface area contributed by atoms with Crippen molar-refractivity contribution in [1.29, 1.82) is 0 Å². The first-order chi connectivity index (χ1) is 4.35. The fraction of sp³-hybridized carbons (Fsp3) is 0.600. The minimum absolute atomic E-state index is 0.323. The number of amides is 2. The van der Waals surface area contributed by atoms with Crippen LogP contribution in [-0.2, 0) is 14.3 Å². The highest BCUT2D eigenvalue weighted by atomic mass is 16.5. The molecule has 0 heterocycles. The highest BCUT2D eigenvalue weighted by Crippen LogP contribution is 1.74. The molecule has 52 valence electrons. The van der Waals surface area contributed by atoms with Crippen molar-refractivity contribution in [2.24, 2.45) is 0 Å². The van der Waals surface area contributed by atoms with Crippen LogP contribution < -0.4 is 0 Å². The van der Waals surface area contributed by atoms with Crippen LogP contribution in [0.2, 0.25) is 0 Å². The molecule has 0 aliphatic carbocycles. The second-order valence-corrected chi connectivity index (χ2v) is 1.44. The molecule has 0 radical (unpaired) electrons. The molecule has 0 aliphatic heterocycles. The summed E-state index contributed by atoms with van der Waals surface area (Å²) in [6.07, 6.45) is 0.929. The van der Waals surface area contributed by atoms with Gasteiger partial charge in [0.15, 0.2) is 0 Å². The van der Waals surface area contributed by atoms with E-state index in [2.05, 4.69) is 4.74 Å². The van der Waals surface area contributed by atoms with Crippen molar-refractivity contribution in [1.82, 2.24) is 4.90 Å². The molecule has 0 bridgehead atoms. The third kappa shape index (κ3) is 3.66. The molecule has 0 saturated heterocycles. The zero-order chi connectivity index (χ0) is 7.11. The Kier molecular flexibility index (Phi) is 4.72. The number of hydrogen-bond donors (Lipinski definition) is 0. The van der Waals surface area contributed by atoms with Gasteiger partial charge in [-0.05, 0) is 0 Å². The van der Waals surface area contributed by atoms with Crippen molar-refractivity contribution in [3.05, 3.63) is 0 Å². The second-order valence-electron chi connectivity index (χ2n) is 1.44. The number of rotatable bonds is 5. The van der Waals surface area contributed by atoms with Gasteiger partial charge in [0, 0.05) is 7.11 Å². The fourth-order valence-electron chi connectivity index (χ4n) is 0.327. The van der Waals surface area contributed by atoms with Crippen LogP contribution in [0.3, 0.4) is 0 Å². The van der Waals surface area contributed by atoms with E-state index in [4.69, 9.17) is 0 Å². The van der Waals surface area contributed by atoms with E-state index in [1.807, 2.05) is 0 Å². The van der Waals surface area contributed by atoms with Gasteiger partial charge < -0.3 is 4.74 Å². The van der Waals surface area contributed by atoms with Crippen molar-refractivity contribution in [3.8, 4) is 0 Å². The first-order valence-corrected chi connectivity index (χ1v) is 2.50. The van der Waals surface area contributed by atoms with Gasteiger partial charge in [-0.25, -0.2) is 0 Å². The summed E-state index contributed by atoms with van der Waals surface area (Å²) >= 11 is 0. The van der Waals surface area contributed by atoms with Gasteiger partial charge in [0.2, 0.25) is 12.8 Å². The minimum atomic E-state index is 0.323. The molecule has 0 aromatic heterocycles. The fourth-order valence-corrected chi connectivity index (χ4v) is 0.327. The number of carbonyl (C=O) groups is 2. The molecule has 0 N–H and O–H groups in total. The van der Waals surface area contributed by atoms with Crippen molar-refractivity contribution in [3.63, 3.8) is 0 Å². The second kappa shape index (κ2) is 5.24. The van der Waals surface area contributed by atoms with Crippen LogP contribution in [0.15, 0.2) is 0 Å². The SMILES string of the molecule is COCCN(C=O)C=O. The van der Waals surface area contributed by atoms with Gasteiger partial charge in [-0.3, -0.25) is 14.5 Å². The van der Waals surface area contributed by atoms with E-state index in [9.17, 15) is 9.59 Å². The zero-order valence-electron chi connectivity index (χ0n) is 5.24. The van der Waals surface area contributed by atoms with E-state index >= 15 is 0 Å². The number of imide groups is 1. The van der Waals surface area contributed by atoms with E-state index in [1.54, 1.807) is 0 Å². The summed E-state index contributed by atoms with van der Waals surface area (Å²) in [5, 5.41) is 0. The molecule has 0 rings (SSSR count). The lowest BCUT2D eigenvalue weighted by atomic mass is 10.6. The Hall–Kier alpha value is -0.900. The third-order valence-electron chi connectivity index (χ3n) is 0.824. The molecular weight excluding hydrogens is 122 g/mol. The van der Waals surface area contributed by atoms with E-state index in [1.165, 1.54) is 7.11 Å². The van der Waals surface area contributed by atoms with E-state index in [-0.39, 0.29) is 0 Å². The molecule has 0 atom stereocenters. The van der Waals surface area contributed by atoms with Crippen molar-refractivity contribution >= 4 is 12.8 Å². The molecule has 4 nitrogen and oxygen atoms in total. The van der Waals surface area contributed by atoms with Gasteiger partial charge in [0.1, 0.15) is 0 Å². The summed E-state index contributed by atoms with van der Waals surface area (Å²) in [6, 6.07) is 0. The van der Waals surface area contributed by atoms with Gasteiger partial charge in [0.05, 0.1) is 13.2 Å². The van der Waals surface area contributed by atoms with Crippen LogP contribution in [-0.4, -0.2) is 38.0 Å². The predicted molar refractivity (Wildman–Crippen MR) is 30.7 cm³/mol. The monoisotopic (exact) mass is 131 g/mol. The number of nitrogens with zero attached hydrogens (tertiary/aromatic N) is 1. The molecule has 0 aromatic carbocycles. The minimum Gasteiger partial charge on any atom is -0.383 e. The Balaban J connectivity index is 3.30. The lowest BCUT2D eigenvalue weighted by Crippen LogP contribution is -2.23. The number of hydrogen-bond acceptors (Lipinski definition) is 3. The summed E-state index contributed by atoms with van der Waals surface area (Å²) in [5.41, 5.74) is 0. The Morgan fingerprint density at radius 3 is 2.33 bits per heavy atom. The van der Waals surface area contributed by atoms with Gasteiger partial charge in [-0.1, -0.05) is 0 Å². The largest absolute Gasteiger partial charge is 0.383 e. The third-order valence-corrected chi connectivity index (χ3v) is 0.824. The molecule has 0 fully saturated rings. The number of methoxy groups -OCH3 is 1. The summed E-state index contributed by atoms with van der Waals surface area (Å²) < 4.78 is 4.62. The summed E-state index contributed by atoms with van der Waals surface area (Å²) in [5.74, 6) is 0. The summed E-state index contributed by atoms with van der Waals surface area (Å²) in [7, 11) is 1.51. The van der Waals surface area contributed by atoms with Crippen LogP contribution in [0.1, 0.15) is 0 Å². The molecular formula is C5H9NO3. The molecule has 0 aromatic rings. The lowest BCUT2D eigenvalue weighted by Gasteiger charge is -2.05. The Bertz CT molecular complexity index is 86.2. The maximum Gasteiger partial charge on any atom is 0.216 e. The van der Waals surface area contributed by atoms with E-state index in [0.717, 1.165) is 4.90 Å². The molecule has 0 aliphatic rings. The molecule has 0 unspecified atom stereocenters. The van der Waals surface area contributed by atoms with Crippen molar-refractivity contribution < 1.29 is 14.3 Å². The first kappa shape index (κ1) is 8.10. The molecule has 0 spiro atoms. The number of carbonyl (C=O) groups excluding carboxylic acids is 2. The Morgan fingerprint density at radius 2 is 2.00 bits per heavy atom. The molecule has 4 heteroatoms. The van der Waals surface area contributed by atoms with E-state index in [0.29, 0.717) is 26.0 Å². The van der Waals surface area contributed by atoms with Crippen molar-refractivity contribution in [2.75, 3.05) is 20.3 Å². The lowest BCUT2D eigenvalue weighted by molar-refractivity contribution is -0.129. The standard InChI is InChI=1S/C5H9NO3/c1-9-3-2-6(4-7)5-8/h4-5H,2-3H2,1H3. The quantitative estimate of drug-likeness (QED) is 0.461. The van der Waals surface area contributed by atoms with Crippen molar-refractivity contribution in [2.45, 2.75) is 0 Å². The van der Waals surface area contributed by atoms with Crippen LogP contribution >= 0.6 is 0 Å². The maximum atomic E-state index is 9.88. The van der Waals surface area contributed by atoms with Crippen LogP contribution in [0.4, 0.5) is 0 Å². The smallest absolute Gasteiger partial charge is 0.216 e. The Labute approximate surface area is 53.4 Å². The zero-order valence-corrected chi connectivity index (χ0v) is 5.24. The topological polar surface area (TPSA) is 46.6 Å². The van der Waals surface area contributed by atoms with Gasteiger partial charge in [-0.15, -0.1) is 0 Å². The number of ether oxygens (including phenoxy) is 1. The van der Waals surface area contributed by atoms with E-state index < -0.39 is 0 Å². The molecule has 9 heavy (non-hydrogen) atoms. The maximum absolute atomic E-state index is 9.88. The predicted octanol–water partition coefficient (Wildman–Crippen LogP) is -0.752. The molecule has 2 amide bonds. The Morgan fingerprint density at radius 1 is 1.44 bits per heavy atom. The summed E-state index contributed by atoms with van der Waals surface area (Å²) in [4.78, 5) is 20.7. The van der Waals surface area contributed by atoms with Gasteiger partial charge >= 0.3 is 0 Å².